The zero-order chi connectivity index (χ0) is 18.5. The molecule has 1 aliphatic carbocycles. The van der Waals surface area contributed by atoms with Crippen molar-refractivity contribution in [1.82, 2.24) is 5.32 Å². The first-order valence-corrected chi connectivity index (χ1v) is 10.0. The molecule has 2 amide bonds. The van der Waals surface area contributed by atoms with Crippen LogP contribution in [0.5, 0.6) is 0 Å². The van der Waals surface area contributed by atoms with Crippen LogP contribution in [0.3, 0.4) is 0 Å². The number of rotatable bonds is 4. The van der Waals surface area contributed by atoms with Crippen LogP contribution in [0.4, 0.5) is 5.69 Å². The Hall–Kier alpha value is -2.02. The summed E-state index contributed by atoms with van der Waals surface area (Å²) in [6, 6.07) is 5.24. The van der Waals surface area contributed by atoms with Gasteiger partial charge in [0, 0.05) is 23.1 Å². The average molecular weight is 376 g/mol. The summed E-state index contributed by atoms with van der Waals surface area (Å²) < 4.78 is 5.13. The van der Waals surface area contributed by atoms with Gasteiger partial charge in [-0.2, -0.15) is 0 Å². The number of carbonyl (C=O) groups excluding carboxylic acids is 3. The predicted molar refractivity (Wildman–Crippen MR) is 100 cm³/mol. The second-order valence-corrected chi connectivity index (χ2v) is 8.09. The molecule has 140 valence electrons. The lowest BCUT2D eigenvalue weighted by molar-refractivity contribution is -0.125. The standard InChI is InChI=1S/C19H24N2O4S/c1-12-2-5-14(6-3-12)20-18(23)11-25-19(24)13-4-7-16-15(10-13)21-17(22)8-9-26-16/h4,7,10,12,14H,2-3,5-6,8-9,11H2,1H3,(H,20,23)(H,21,22). The van der Waals surface area contributed by atoms with Crippen molar-refractivity contribution in [3.63, 3.8) is 0 Å². The third-order valence-electron chi connectivity index (χ3n) is 4.79. The van der Waals surface area contributed by atoms with E-state index in [4.69, 9.17) is 4.74 Å². The summed E-state index contributed by atoms with van der Waals surface area (Å²) in [5, 5.41) is 5.73. The lowest BCUT2D eigenvalue weighted by Crippen LogP contribution is -2.39. The zero-order valence-electron chi connectivity index (χ0n) is 14.9. The summed E-state index contributed by atoms with van der Waals surface area (Å²) in [5.41, 5.74) is 0.943. The van der Waals surface area contributed by atoms with Crippen molar-refractivity contribution in [1.29, 1.82) is 0 Å². The molecular weight excluding hydrogens is 352 g/mol. The molecule has 0 saturated heterocycles. The molecular formula is C19H24N2O4S. The van der Waals surface area contributed by atoms with Crippen molar-refractivity contribution in [2.45, 2.75) is 50.0 Å². The maximum atomic E-state index is 12.2. The van der Waals surface area contributed by atoms with E-state index in [-0.39, 0.29) is 24.5 Å². The van der Waals surface area contributed by atoms with Gasteiger partial charge in [-0.25, -0.2) is 4.79 Å². The van der Waals surface area contributed by atoms with E-state index in [0.717, 1.165) is 30.6 Å². The minimum atomic E-state index is -0.566. The van der Waals surface area contributed by atoms with E-state index >= 15 is 0 Å². The Bertz CT molecular complexity index is 699. The van der Waals surface area contributed by atoms with Crippen molar-refractivity contribution < 1.29 is 19.1 Å². The number of thioether (sulfide) groups is 1. The van der Waals surface area contributed by atoms with Gasteiger partial charge in [-0.15, -0.1) is 11.8 Å². The lowest BCUT2D eigenvalue weighted by Gasteiger charge is -2.26. The van der Waals surface area contributed by atoms with E-state index in [1.54, 1.807) is 30.0 Å². The Morgan fingerprint density at radius 2 is 2.04 bits per heavy atom. The predicted octanol–water partition coefficient (Wildman–Crippen LogP) is 2.97. The Morgan fingerprint density at radius 3 is 2.81 bits per heavy atom. The molecule has 0 spiro atoms. The topological polar surface area (TPSA) is 84.5 Å². The first-order valence-electron chi connectivity index (χ1n) is 9.04. The van der Waals surface area contributed by atoms with E-state index in [1.807, 2.05) is 0 Å². The van der Waals surface area contributed by atoms with Gasteiger partial charge < -0.3 is 15.4 Å². The van der Waals surface area contributed by atoms with Crippen LogP contribution in [0.1, 0.15) is 49.4 Å². The molecule has 2 N–H and O–H groups in total. The summed E-state index contributed by atoms with van der Waals surface area (Å²) in [7, 11) is 0. The fourth-order valence-electron chi connectivity index (χ4n) is 3.24. The van der Waals surface area contributed by atoms with Gasteiger partial charge in [0.15, 0.2) is 6.61 Å². The molecule has 1 aromatic rings. The van der Waals surface area contributed by atoms with Gasteiger partial charge >= 0.3 is 5.97 Å². The lowest BCUT2D eigenvalue weighted by atomic mass is 9.87. The summed E-state index contributed by atoms with van der Waals surface area (Å²) in [6.07, 6.45) is 4.62. The van der Waals surface area contributed by atoms with Crippen molar-refractivity contribution in [2.24, 2.45) is 5.92 Å². The molecule has 1 aromatic carbocycles. The number of carbonyl (C=O) groups is 3. The molecule has 26 heavy (non-hydrogen) atoms. The minimum Gasteiger partial charge on any atom is -0.452 e. The molecule has 0 aromatic heterocycles. The molecule has 0 bridgehead atoms. The number of nitrogens with one attached hydrogen (secondary N) is 2. The Balaban J connectivity index is 1.52. The molecule has 2 aliphatic rings. The highest BCUT2D eigenvalue weighted by molar-refractivity contribution is 7.99. The number of amides is 2. The van der Waals surface area contributed by atoms with Crippen LogP contribution in [-0.4, -0.2) is 36.2 Å². The number of ether oxygens (including phenoxy) is 1. The fraction of sp³-hybridized carbons (Fsp3) is 0.526. The normalized spacial score (nSPS) is 22.6. The van der Waals surface area contributed by atoms with E-state index in [2.05, 4.69) is 17.6 Å². The van der Waals surface area contributed by atoms with Crippen LogP contribution < -0.4 is 10.6 Å². The van der Waals surface area contributed by atoms with Gasteiger partial charge in [0.25, 0.3) is 5.91 Å². The number of benzene rings is 1. The number of esters is 1. The van der Waals surface area contributed by atoms with Crippen molar-refractivity contribution in [3.8, 4) is 0 Å². The Labute approximate surface area is 157 Å². The monoisotopic (exact) mass is 376 g/mol. The first kappa shape index (κ1) is 18.8. The number of hydrogen-bond acceptors (Lipinski definition) is 5. The molecule has 0 radical (unpaired) electrons. The molecule has 1 heterocycles. The maximum absolute atomic E-state index is 12.2. The number of anilines is 1. The van der Waals surface area contributed by atoms with E-state index in [0.29, 0.717) is 29.3 Å². The van der Waals surface area contributed by atoms with Crippen LogP contribution >= 0.6 is 11.8 Å². The van der Waals surface area contributed by atoms with Gasteiger partial charge in [0.05, 0.1) is 11.3 Å². The molecule has 0 atom stereocenters. The molecule has 1 aliphatic heterocycles. The third kappa shape index (κ3) is 5.00. The number of hydrogen-bond donors (Lipinski definition) is 2. The molecule has 0 unspecified atom stereocenters. The molecule has 6 nitrogen and oxygen atoms in total. The highest BCUT2D eigenvalue weighted by atomic mass is 32.2. The second-order valence-electron chi connectivity index (χ2n) is 6.96. The highest BCUT2D eigenvalue weighted by Gasteiger charge is 2.21. The van der Waals surface area contributed by atoms with Crippen molar-refractivity contribution in [3.05, 3.63) is 23.8 Å². The van der Waals surface area contributed by atoms with Crippen LogP contribution in [0.2, 0.25) is 0 Å². The SMILES string of the molecule is CC1CCC(NC(=O)COC(=O)c2ccc3c(c2)NC(=O)CCS3)CC1. The Kier molecular flexibility index (Phi) is 6.19. The zero-order valence-corrected chi connectivity index (χ0v) is 15.7. The minimum absolute atomic E-state index is 0.0667. The second kappa shape index (κ2) is 8.58. The van der Waals surface area contributed by atoms with E-state index < -0.39 is 5.97 Å². The van der Waals surface area contributed by atoms with E-state index in [1.165, 1.54) is 0 Å². The Morgan fingerprint density at radius 1 is 1.27 bits per heavy atom. The van der Waals surface area contributed by atoms with Gasteiger partial charge in [-0.1, -0.05) is 6.92 Å². The van der Waals surface area contributed by atoms with E-state index in [9.17, 15) is 14.4 Å². The van der Waals surface area contributed by atoms with Crippen molar-refractivity contribution >= 4 is 35.2 Å². The molecule has 1 fully saturated rings. The highest BCUT2D eigenvalue weighted by Crippen LogP contribution is 2.31. The summed E-state index contributed by atoms with van der Waals surface area (Å²) in [4.78, 5) is 36.8. The smallest absolute Gasteiger partial charge is 0.338 e. The summed E-state index contributed by atoms with van der Waals surface area (Å²) >= 11 is 1.57. The molecule has 7 heteroatoms. The van der Waals surface area contributed by atoms with Gasteiger partial charge in [-0.3, -0.25) is 9.59 Å². The van der Waals surface area contributed by atoms with Crippen LogP contribution in [0, 0.1) is 5.92 Å². The van der Waals surface area contributed by atoms with Gasteiger partial charge in [0.1, 0.15) is 0 Å². The molecule has 1 saturated carbocycles. The number of fused-ring (bicyclic) bond motifs is 1. The third-order valence-corrected chi connectivity index (χ3v) is 5.87. The quantitative estimate of drug-likeness (QED) is 0.789. The summed E-state index contributed by atoms with van der Waals surface area (Å²) in [6.45, 7) is 1.93. The summed E-state index contributed by atoms with van der Waals surface area (Å²) in [5.74, 6) is 0.527. The van der Waals surface area contributed by atoms with Gasteiger partial charge in [-0.05, 0) is 49.8 Å². The van der Waals surface area contributed by atoms with Crippen molar-refractivity contribution in [2.75, 3.05) is 17.7 Å². The first-order chi connectivity index (χ1) is 12.5. The fourth-order valence-corrected chi connectivity index (χ4v) is 4.17. The van der Waals surface area contributed by atoms with Crippen LogP contribution in [0.25, 0.3) is 0 Å². The van der Waals surface area contributed by atoms with Crippen LogP contribution in [-0.2, 0) is 14.3 Å². The maximum Gasteiger partial charge on any atom is 0.338 e. The molecule has 3 rings (SSSR count). The largest absolute Gasteiger partial charge is 0.452 e. The van der Waals surface area contributed by atoms with Crippen LogP contribution in [0.15, 0.2) is 23.1 Å². The average Bonchev–Trinajstić information content (AvgIpc) is 2.81. The van der Waals surface area contributed by atoms with Gasteiger partial charge in [0.2, 0.25) is 5.91 Å².